The molecule has 0 radical (unpaired) electrons. The molecule has 10 nitrogen and oxygen atoms in total. The highest BCUT2D eigenvalue weighted by Gasteiger charge is 2.20. The topological polar surface area (TPSA) is 161 Å². The summed E-state index contributed by atoms with van der Waals surface area (Å²) in [5, 5.41) is 14.8. The number of hydrogen-bond acceptors (Lipinski definition) is 6. The molecule has 0 unspecified atom stereocenters. The van der Waals surface area contributed by atoms with Crippen molar-refractivity contribution < 1.29 is 28.6 Å². The number of carboxylic acids is 1. The van der Waals surface area contributed by atoms with Gasteiger partial charge in [0.1, 0.15) is 17.4 Å². The highest BCUT2D eigenvalue weighted by Crippen LogP contribution is 2.25. The van der Waals surface area contributed by atoms with Crippen molar-refractivity contribution in [2.45, 2.75) is 32.2 Å². The number of ether oxygens (including phenoxy) is 1. The van der Waals surface area contributed by atoms with Crippen molar-refractivity contribution in [2.75, 3.05) is 13.2 Å². The smallest absolute Gasteiger partial charge is 0.340 e. The number of primary amides is 1. The fourth-order valence-corrected chi connectivity index (χ4v) is 3.63. The molecule has 3 aromatic rings. The van der Waals surface area contributed by atoms with Gasteiger partial charge in [0, 0.05) is 30.0 Å². The summed E-state index contributed by atoms with van der Waals surface area (Å²) in [4.78, 5) is 46.9. The Morgan fingerprint density at radius 1 is 1.14 bits per heavy atom. The second kappa shape index (κ2) is 11.7. The molecule has 3 rings (SSSR count). The van der Waals surface area contributed by atoms with Crippen molar-refractivity contribution in [2.24, 2.45) is 5.73 Å². The molecule has 0 saturated heterocycles. The predicted octanol–water partition coefficient (Wildman–Crippen LogP) is 2.09. The molecule has 0 aliphatic carbocycles. The first-order chi connectivity index (χ1) is 16.7. The molecule has 3 amide bonds. The summed E-state index contributed by atoms with van der Waals surface area (Å²) in [7, 11) is 0. The lowest BCUT2D eigenvalue weighted by atomic mass is 10.00. The van der Waals surface area contributed by atoms with Gasteiger partial charge in [-0.25, -0.2) is 14.4 Å². The average Bonchev–Trinajstić information content (AvgIpc) is 2.82. The SMILES string of the molecule is Cc1c(Cc2ccccc2)c(=O)oc2cc(OCC(=O)N[C@@H](CCCNC(N)=O)C(=O)O)ccc12. The van der Waals surface area contributed by atoms with Crippen molar-refractivity contribution in [1.29, 1.82) is 0 Å². The van der Waals surface area contributed by atoms with Crippen LogP contribution in [-0.4, -0.2) is 42.2 Å². The Kier molecular flexibility index (Phi) is 8.44. The summed E-state index contributed by atoms with van der Waals surface area (Å²) >= 11 is 0. The van der Waals surface area contributed by atoms with Gasteiger partial charge in [-0.3, -0.25) is 4.79 Å². The minimum Gasteiger partial charge on any atom is -0.484 e. The fourth-order valence-electron chi connectivity index (χ4n) is 3.63. The van der Waals surface area contributed by atoms with Crippen LogP contribution in [0, 0.1) is 6.92 Å². The summed E-state index contributed by atoms with van der Waals surface area (Å²) in [5.41, 5.74) is 7.22. The van der Waals surface area contributed by atoms with E-state index < -0.39 is 36.2 Å². The summed E-state index contributed by atoms with van der Waals surface area (Å²) in [6.45, 7) is 1.63. The van der Waals surface area contributed by atoms with Crippen LogP contribution in [-0.2, 0) is 16.0 Å². The van der Waals surface area contributed by atoms with E-state index >= 15 is 0 Å². The van der Waals surface area contributed by atoms with Crippen LogP contribution in [0.3, 0.4) is 0 Å². The number of urea groups is 1. The Balaban J connectivity index is 1.63. The van der Waals surface area contributed by atoms with Gasteiger partial charge in [0.15, 0.2) is 6.61 Å². The molecule has 184 valence electrons. The number of hydrogen-bond donors (Lipinski definition) is 4. The second-order valence-corrected chi connectivity index (χ2v) is 7.99. The number of benzene rings is 2. The van der Waals surface area contributed by atoms with E-state index in [-0.39, 0.29) is 13.0 Å². The van der Waals surface area contributed by atoms with Crippen molar-refractivity contribution in [3.05, 3.63) is 75.6 Å². The van der Waals surface area contributed by atoms with Gasteiger partial charge in [-0.05, 0) is 43.0 Å². The molecular formula is C25H27N3O7. The largest absolute Gasteiger partial charge is 0.484 e. The number of carboxylic acid groups (broad SMARTS) is 1. The van der Waals surface area contributed by atoms with Gasteiger partial charge in [-0.1, -0.05) is 30.3 Å². The third-order valence-electron chi connectivity index (χ3n) is 5.45. The van der Waals surface area contributed by atoms with Crippen LogP contribution < -0.4 is 26.7 Å². The molecule has 35 heavy (non-hydrogen) atoms. The molecule has 0 saturated carbocycles. The molecule has 10 heteroatoms. The molecule has 0 fully saturated rings. The first-order valence-corrected chi connectivity index (χ1v) is 11.0. The third-order valence-corrected chi connectivity index (χ3v) is 5.45. The number of aliphatic carboxylic acids is 1. The van der Waals surface area contributed by atoms with Crippen molar-refractivity contribution in [1.82, 2.24) is 10.6 Å². The van der Waals surface area contributed by atoms with Crippen LogP contribution in [0.5, 0.6) is 5.75 Å². The zero-order chi connectivity index (χ0) is 25.4. The zero-order valence-electron chi connectivity index (χ0n) is 19.2. The zero-order valence-corrected chi connectivity index (χ0v) is 19.2. The maximum atomic E-state index is 12.6. The van der Waals surface area contributed by atoms with Crippen LogP contribution in [0.1, 0.15) is 29.5 Å². The molecule has 1 heterocycles. The summed E-state index contributed by atoms with van der Waals surface area (Å²) < 4.78 is 11.0. The average molecular weight is 482 g/mol. The van der Waals surface area contributed by atoms with Gasteiger partial charge in [0.05, 0.1) is 0 Å². The number of nitrogens with one attached hydrogen (secondary N) is 2. The van der Waals surface area contributed by atoms with E-state index in [4.69, 9.17) is 14.9 Å². The van der Waals surface area contributed by atoms with Gasteiger partial charge in [-0.15, -0.1) is 0 Å². The summed E-state index contributed by atoms with van der Waals surface area (Å²) in [5.74, 6) is -1.54. The van der Waals surface area contributed by atoms with E-state index in [1.807, 2.05) is 37.3 Å². The Bertz CT molecular complexity index is 1270. The minimum atomic E-state index is -1.20. The molecule has 0 aliphatic rings. The minimum absolute atomic E-state index is 0.104. The monoisotopic (exact) mass is 481 g/mol. The molecule has 1 atom stereocenters. The standard InChI is InChI=1S/C25H27N3O7/c1-15-18-10-9-17(13-21(18)35-24(32)19(15)12-16-6-3-2-4-7-16)34-14-22(29)28-20(23(30)31)8-5-11-27-25(26)33/h2-4,6-7,9-10,13,20H,5,8,11-12,14H2,1H3,(H,28,29)(H,30,31)(H3,26,27,33)/t20-/m0/s1. The van der Waals surface area contributed by atoms with E-state index in [0.29, 0.717) is 29.7 Å². The number of amides is 3. The van der Waals surface area contributed by atoms with E-state index in [1.54, 1.807) is 12.1 Å². The molecule has 0 bridgehead atoms. The van der Waals surface area contributed by atoms with Gasteiger partial charge < -0.3 is 30.6 Å². The summed E-state index contributed by atoms with van der Waals surface area (Å²) in [6.07, 6.45) is 0.871. The van der Waals surface area contributed by atoms with E-state index in [0.717, 1.165) is 16.5 Å². The lowest BCUT2D eigenvalue weighted by molar-refractivity contribution is -0.142. The molecule has 2 aromatic carbocycles. The lowest BCUT2D eigenvalue weighted by Gasteiger charge is -2.15. The van der Waals surface area contributed by atoms with Crippen LogP contribution in [0.4, 0.5) is 4.79 Å². The molecule has 5 N–H and O–H groups in total. The highest BCUT2D eigenvalue weighted by atomic mass is 16.5. The Morgan fingerprint density at radius 3 is 2.57 bits per heavy atom. The number of carbonyl (C=O) groups is 3. The van der Waals surface area contributed by atoms with Gasteiger partial charge >= 0.3 is 17.6 Å². The van der Waals surface area contributed by atoms with Crippen molar-refractivity contribution in [3.63, 3.8) is 0 Å². The maximum Gasteiger partial charge on any atom is 0.340 e. The number of aryl methyl sites for hydroxylation is 1. The number of carbonyl (C=O) groups excluding carboxylic acids is 2. The van der Waals surface area contributed by atoms with Crippen LogP contribution in [0.25, 0.3) is 11.0 Å². The Morgan fingerprint density at radius 2 is 1.89 bits per heavy atom. The molecule has 1 aromatic heterocycles. The van der Waals surface area contributed by atoms with E-state index in [9.17, 15) is 24.3 Å². The number of nitrogens with two attached hydrogens (primary N) is 1. The van der Waals surface area contributed by atoms with Crippen molar-refractivity contribution >= 4 is 28.9 Å². The number of rotatable bonds is 11. The Hall–Kier alpha value is -4.34. The van der Waals surface area contributed by atoms with Crippen LogP contribution >= 0.6 is 0 Å². The highest BCUT2D eigenvalue weighted by molar-refractivity contribution is 5.85. The Labute approximate surface area is 201 Å². The lowest BCUT2D eigenvalue weighted by Crippen LogP contribution is -2.43. The normalized spacial score (nSPS) is 11.6. The fraction of sp³-hybridized carbons (Fsp3) is 0.280. The molecular weight excluding hydrogens is 454 g/mol. The van der Waals surface area contributed by atoms with Crippen LogP contribution in [0.2, 0.25) is 0 Å². The summed E-state index contributed by atoms with van der Waals surface area (Å²) in [6, 6.07) is 12.7. The quantitative estimate of drug-likeness (QED) is 0.241. The van der Waals surface area contributed by atoms with E-state index in [1.165, 1.54) is 6.07 Å². The van der Waals surface area contributed by atoms with E-state index in [2.05, 4.69) is 10.6 Å². The maximum absolute atomic E-state index is 12.6. The van der Waals surface area contributed by atoms with Gasteiger partial charge in [0.2, 0.25) is 0 Å². The van der Waals surface area contributed by atoms with Gasteiger partial charge in [-0.2, -0.15) is 0 Å². The van der Waals surface area contributed by atoms with Crippen LogP contribution in [0.15, 0.2) is 57.7 Å². The molecule has 0 spiro atoms. The first kappa shape index (κ1) is 25.3. The number of fused-ring (bicyclic) bond motifs is 1. The predicted molar refractivity (Wildman–Crippen MR) is 128 cm³/mol. The third kappa shape index (κ3) is 7.07. The first-order valence-electron chi connectivity index (χ1n) is 11.0. The van der Waals surface area contributed by atoms with Gasteiger partial charge in [0.25, 0.3) is 5.91 Å². The van der Waals surface area contributed by atoms with Crippen molar-refractivity contribution in [3.8, 4) is 5.75 Å². The second-order valence-electron chi connectivity index (χ2n) is 7.99. The molecule has 0 aliphatic heterocycles.